The zero-order valence-electron chi connectivity index (χ0n) is 14.1. The SMILES string of the molecule is Cc1nccc(C(=O)NC(CC2CCCc3ccccc32)C(=O)O)n1. The minimum Gasteiger partial charge on any atom is -0.480 e. The van der Waals surface area contributed by atoms with Crippen LogP contribution in [0.3, 0.4) is 0 Å². The van der Waals surface area contributed by atoms with Crippen molar-refractivity contribution in [2.75, 3.05) is 0 Å². The van der Waals surface area contributed by atoms with Gasteiger partial charge in [-0.25, -0.2) is 14.8 Å². The van der Waals surface area contributed by atoms with Crippen LogP contribution in [0.1, 0.15) is 52.6 Å². The molecule has 1 aliphatic rings. The molecule has 0 radical (unpaired) electrons. The third-order valence-electron chi connectivity index (χ3n) is 4.63. The highest BCUT2D eigenvalue weighted by molar-refractivity contribution is 5.94. The Balaban J connectivity index is 1.74. The molecule has 3 rings (SSSR count). The Morgan fingerprint density at radius 3 is 2.88 bits per heavy atom. The molecule has 2 aromatic rings. The van der Waals surface area contributed by atoms with Gasteiger partial charge in [-0.05, 0) is 55.7 Å². The number of hydrogen-bond donors (Lipinski definition) is 2. The van der Waals surface area contributed by atoms with E-state index in [9.17, 15) is 14.7 Å². The van der Waals surface area contributed by atoms with E-state index in [0.29, 0.717) is 12.2 Å². The van der Waals surface area contributed by atoms with Gasteiger partial charge in [0, 0.05) is 6.20 Å². The lowest BCUT2D eigenvalue weighted by atomic mass is 9.79. The molecule has 6 nitrogen and oxygen atoms in total. The van der Waals surface area contributed by atoms with E-state index in [0.717, 1.165) is 19.3 Å². The van der Waals surface area contributed by atoms with Crippen LogP contribution in [0.2, 0.25) is 0 Å². The first-order valence-electron chi connectivity index (χ1n) is 8.45. The maximum Gasteiger partial charge on any atom is 0.326 e. The van der Waals surface area contributed by atoms with E-state index in [2.05, 4.69) is 27.4 Å². The van der Waals surface area contributed by atoms with Gasteiger partial charge in [-0.15, -0.1) is 0 Å². The van der Waals surface area contributed by atoms with Gasteiger partial charge >= 0.3 is 5.97 Å². The minimum atomic E-state index is -1.03. The summed E-state index contributed by atoms with van der Waals surface area (Å²) in [5.74, 6) is -0.900. The lowest BCUT2D eigenvalue weighted by molar-refractivity contribution is -0.139. The van der Waals surface area contributed by atoms with Crippen molar-refractivity contribution in [1.29, 1.82) is 0 Å². The van der Waals surface area contributed by atoms with Gasteiger partial charge in [-0.2, -0.15) is 0 Å². The van der Waals surface area contributed by atoms with E-state index < -0.39 is 17.9 Å². The van der Waals surface area contributed by atoms with Crippen molar-refractivity contribution in [3.05, 3.63) is 59.2 Å². The Labute approximate surface area is 146 Å². The van der Waals surface area contributed by atoms with Crippen LogP contribution in [0.25, 0.3) is 0 Å². The van der Waals surface area contributed by atoms with E-state index in [-0.39, 0.29) is 11.6 Å². The van der Waals surface area contributed by atoms with Gasteiger partial charge in [0.25, 0.3) is 5.91 Å². The molecule has 1 aliphatic carbocycles. The van der Waals surface area contributed by atoms with Crippen molar-refractivity contribution >= 4 is 11.9 Å². The van der Waals surface area contributed by atoms with Crippen LogP contribution >= 0.6 is 0 Å². The molecule has 2 atom stereocenters. The van der Waals surface area contributed by atoms with Crippen LogP contribution in [0, 0.1) is 6.92 Å². The Hall–Kier alpha value is -2.76. The quantitative estimate of drug-likeness (QED) is 0.873. The fraction of sp³-hybridized carbons (Fsp3) is 0.368. The highest BCUT2D eigenvalue weighted by atomic mass is 16.4. The summed E-state index contributed by atoms with van der Waals surface area (Å²) in [5, 5.41) is 12.2. The highest BCUT2D eigenvalue weighted by Gasteiger charge is 2.28. The maximum atomic E-state index is 12.3. The molecule has 1 aromatic heterocycles. The molecule has 130 valence electrons. The van der Waals surface area contributed by atoms with Gasteiger partial charge in [0.2, 0.25) is 0 Å². The zero-order chi connectivity index (χ0) is 17.8. The first-order valence-corrected chi connectivity index (χ1v) is 8.45. The number of carboxylic acid groups (broad SMARTS) is 1. The highest BCUT2D eigenvalue weighted by Crippen LogP contribution is 2.34. The number of carboxylic acids is 1. The molecule has 6 heteroatoms. The number of nitrogens with one attached hydrogen (secondary N) is 1. The molecule has 25 heavy (non-hydrogen) atoms. The summed E-state index contributed by atoms with van der Waals surface area (Å²) in [4.78, 5) is 32.0. The van der Waals surface area contributed by atoms with Crippen LogP contribution in [0.15, 0.2) is 36.5 Å². The van der Waals surface area contributed by atoms with Crippen LogP contribution in [-0.4, -0.2) is 33.0 Å². The van der Waals surface area contributed by atoms with Crippen LogP contribution in [0.5, 0.6) is 0 Å². The second-order valence-corrected chi connectivity index (χ2v) is 6.38. The summed E-state index contributed by atoms with van der Waals surface area (Å²) in [6, 6.07) is 8.69. The lowest BCUT2D eigenvalue weighted by Crippen LogP contribution is -2.42. The number of aliphatic carboxylic acids is 1. The lowest BCUT2D eigenvalue weighted by Gasteiger charge is -2.28. The molecule has 0 saturated carbocycles. The Bertz CT molecular complexity index is 791. The van der Waals surface area contributed by atoms with E-state index in [1.165, 1.54) is 23.4 Å². The zero-order valence-corrected chi connectivity index (χ0v) is 14.1. The molecule has 0 spiro atoms. The summed E-state index contributed by atoms with van der Waals surface area (Å²) in [5.41, 5.74) is 2.66. The number of hydrogen-bond acceptors (Lipinski definition) is 4. The number of aromatic nitrogens is 2. The van der Waals surface area contributed by atoms with Gasteiger partial charge in [-0.1, -0.05) is 24.3 Å². The van der Waals surface area contributed by atoms with E-state index >= 15 is 0 Å². The largest absolute Gasteiger partial charge is 0.480 e. The van der Waals surface area contributed by atoms with E-state index in [4.69, 9.17) is 0 Å². The Kier molecular flexibility index (Phi) is 5.07. The molecule has 0 fully saturated rings. The molecule has 1 amide bonds. The average Bonchev–Trinajstić information content (AvgIpc) is 2.61. The molecule has 2 N–H and O–H groups in total. The van der Waals surface area contributed by atoms with Crippen molar-refractivity contribution in [3.63, 3.8) is 0 Å². The van der Waals surface area contributed by atoms with Crippen molar-refractivity contribution in [2.24, 2.45) is 0 Å². The summed E-state index contributed by atoms with van der Waals surface area (Å²) < 4.78 is 0. The third-order valence-corrected chi connectivity index (χ3v) is 4.63. The fourth-order valence-electron chi connectivity index (χ4n) is 3.42. The molecule has 0 saturated heterocycles. The molecule has 1 heterocycles. The van der Waals surface area contributed by atoms with Gasteiger partial charge in [0.15, 0.2) is 0 Å². The predicted molar refractivity (Wildman–Crippen MR) is 92.4 cm³/mol. The maximum absolute atomic E-state index is 12.3. The normalized spacial score (nSPS) is 17.4. The van der Waals surface area contributed by atoms with Crippen LogP contribution in [-0.2, 0) is 11.2 Å². The van der Waals surface area contributed by atoms with Crippen LogP contribution < -0.4 is 5.32 Å². The summed E-state index contributed by atoms with van der Waals surface area (Å²) >= 11 is 0. The van der Waals surface area contributed by atoms with Gasteiger partial charge in [0.05, 0.1) is 0 Å². The molecular formula is C19H21N3O3. The first kappa shape index (κ1) is 17.1. The number of aryl methyl sites for hydroxylation is 2. The Morgan fingerprint density at radius 1 is 1.32 bits per heavy atom. The van der Waals surface area contributed by atoms with Crippen molar-refractivity contribution < 1.29 is 14.7 Å². The number of nitrogens with zero attached hydrogens (tertiary/aromatic N) is 2. The standard InChI is InChI=1S/C19H21N3O3/c1-12-20-10-9-16(21-12)18(23)22-17(19(24)25)11-14-7-4-6-13-5-2-3-8-15(13)14/h2-3,5,8-10,14,17H,4,6-7,11H2,1H3,(H,22,23)(H,24,25). The number of carbonyl (C=O) groups is 2. The van der Waals surface area contributed by atoms with Crippen molar-refractivity contribution in [1.82, 2.24) is 15.3 Å². The number of amides is 1. The van der Waals surface area contributed by atoms with Crippen LogP contribution in [0.4, 0.5) is 0 Å². The summed E-state index contributed by atoms with van der Waals surface area (Å²) in [6.45, 7) is 1.68. The first-order chi connectivity index (χ1) is 12.0. The smallest absolute Gasteiger partial charge is 0.326 e. The molecule has 2 unspecified atom stereocenters. The molecule has 0 bridgehead atoms. The number of carbonyl (C=O) groups excluding carboxylic acids is 1. The van der Waals surface area contributed by atoms with Gasteiger partial charge in [-0.3, -0.25) is 4.79 Å². The van der Waals surface area contributed by atoms with Crippen molar-refractivity contribution in [3.8, 4) is 0 Å². The number of rotatable bonds is 5. The van der Waals surface area contributed by atoms with E-state index in [1.807, 2.05) is 12.1 Å². The summed E-state index contributed by atoms with van der Waals surface area (Å²) in [6.07, 6.45) is 4.86. The fourth-order valence-corrected chi connectivity index (χ4v) is 3.42. The topological polar surface area (TPSA) is 92.2 Å². The third kappa shape index (κ3) is 4.02. The number of fused-ring (bicyclic) bond motifs is 1. The molecule has 1 aromatic carbocycles. The van der Waals surface area contributed by atoms with Gasteiger partial charge in [0.1, 0.15) is 17.6 Å². The van der Waals surface area contributed by atoms with Crippen molar-refractivity contribution in [2.45, 2.75) is 44.6 Å². The second-order valence-electron chi connectivity index (χ2n) is 6.38. The van der Waals surface area contributed by atoms with E-state index in [1.54, 1.807) is 6.92 Å². The minimum absolute atomic E-state index is 0.137. The Morgan fingerprint density at radius 2 is 2.12 bits per heavy atom. The predicted octanol–water partition coefficient (Wildman–Crippen LogP) is 2.48. The molecular weight excluding hydrogens is 318 g/mol. The monoisotopic (exact) mass is 339 g/mol. The number of benzene rings is 1. The second kappa shape index (κ2) is 7.42. The molecule has 0 aliphatic heterocycles. The summed E-state index contributed by atoms with van der Waals surface area (Å²) in [7, 11) is 0. The van der Waals surface area contributed by atoms with Gasteiger partial charge < -0.3 is 10.4 Å². The average molecular weight is 339 g/mol.